The molecule has 2 heterocycles. The summed E-state index contributed by atoms with van der Waals surface area (Å²) >= 11 is 0. The molecule has 0 radical (unpaired) electrons. The van der Waals surface area contributed by atoms with E-state index in [-0.39, 0.29) is 17.4 Å². The number of halogens is 2. The summed E-state index contributed by atoms with van der Waals surface area (Å²) in [5, 5.41) is 6.97. The average molecular weight is 251 g/mol. The lowest BCUT2D eigenvalue weighted by atomic mass is 10.2. The van der Waals surface area contributed by atoms with Crippen LogP contribution in [0.5, 0.6) is 0 Å². The van der Waals surface area contributed by atoms with Crippen LogP contribution in [-0.4, -0.2) is 16.7 Å². The summed E-state index contributed by atoms with van der Waals surface area (Å²) in [5.41, 5.74) is 0.278. The maximum Gasteiger partial charge on any atom is 0.244 e. The van der Waals surface area contributed by atoms with Gasteiger partial charge in [-0.15, -0.1) is 0 Å². The smallest absolute Gasteiger partial charge is 0.244 e. The fourth-order valence-corrected chi connectivity index (χ4v) is 2.07. The Morgan fingerprint density at radius 2 is 2.00 bits per heavy atom. The molecule has 1 saturated heterocycles. The molecule has 94 valence electrons. The van der Waals surface area contributed by atoms with Gasteiger partial charge in [-0.1, -0.05) is 5.16 Å². The third-order valence-corrected chi connectivity index (χ3v) is 2.92. The summed E-state index contributed by atoms with van der Waals surface area (Å²) < 4.78 is 31.3. The summed E-state index contributed by atoms with van der Waals surface area (Å²) in [6.07, 6.45) is 1.98. The Hall–Kier alpha value is -1.82. The van der Waals surface area contributed by atoms with Gasteiger partial charge in [-0.3, -0.25) is 0 Å². The maximum absolute atomic E-state index is 13.1. The summed E-state index contributed by atoms with van der Waals surface area (Å²) in [4.78, 5) is 4.17. The highest BCUT2D eigenvalue weighted by atomic mass is 19.1. The Balaban J connectivity index is 1.92. The Morgan fingerprint density at radius 1 is 1.22 bits per heavy atom. The minimum absolute atomic E-state index is 0.0460. The van der Waals surface area contributed by atoms with E-state index in [1.807, 2.05) is 0 Å². The van der Waals surface area contributed by atoms with Gasteiger partial charge in [0.1, 0.15) is 11.6 Å². The molecule has 1 aliphatic rings. The zero-order valence-electron chi connectivity index (χ0n) is 9.49. The Labute approximate surface area is 102 Å². The predicted molar refractivity (Wildman–Crippen MR) is 59.6 cm³/mol. The van der Waals surface area contributed by atoms with Crippen LogP contribution in [0.15, 0.2) is 22.7 Å². The zero-order valence-corrected chi connectivity index (χ0v) is 9.49. The van der Waals surface area contributed by atoms with Gasteiger partial charge in [-0.2, -0.15) is 4.98 Å². The molecule has 1 aromatic heterocycles. The van der Waals surface area contributed by atoms with E-state index in [1.54, 1.807) is 0 Å². The molecule has 1 aromatic carbocycles. The Kier molecular flexibility index (Phi) is 2.79. The van der Waals surface area contributed by atoms with Crippen molar-refractivity contribution in [3.63, 3.8) is 0 Å². The van der Waals surface area contributed by atoms with Gasteiger partial charge >= 0.3 is 0 Å². The highest BCUT2D eigenvalue weighted by Gasteiger charge is 2.22. The van der Waals surface area contributed by atoms with Crippen molar-refractivity contribution in [1.29, 1.82) is 0 Å². The van der Waals surface area contributed by atoms with Crippen LogP contribution in [0, 0.1) is 11.6 Å². The minimum Gasteiger partial charge on any atom is -0.337 e. The summed E-state index contributed by atoms with van der Waals surface area (Å²) in [6, 6.07) is 3.22. The fourth-order valence-electron chi connectivity index (χ4n) is 2.07. The van der Waals surface area contributed by atoms with E-state index >= 15 is 0 Å². The third-order valence-electron chi connectivity index (χ3n) is 2.92. The summed E-state index contributed by atoms with van der Waals surface area (Å²) in [5.74, 6) is -0.644. The molecule has 1 N–H and O–H groups in total. The second kappa shape index (κ2) is 4.45. The van der Waals surface area contributed by atoms with Crippen LogP contribution in [-0.2, 0) is 0 Å². The van der Waals surface area contributed by atoms with Gasteiger partial charge < -0.3 is 9.84 Å². The number of hydrogen-bond donors (Lipinski definition) is 1. The van der Waals surface area contributed by atoms with E-state index < -0.39 is 11.6 Å². The van der Waals surface area contributed by atoms with Crippen LogP contribution in [0.3, 0.4) is 0 Å². The highest BCUT2D eigenvalue weighted by molar-refractivity contribution is 5.54. The molecular weight excluding hydrogens is 240 g/mol. The van der Waals surface area contributed by atoms with Gasteiger partial charge in [-0.25, -0.2) is 8.78 Å². The van der Waals surface area contributed by atoms with Crippen molar-refractivity contribution in [2.75, 3.05) is 6.54 Å². The molecule has 6 heteroatoms. The molecule has 4 nitrogen and oxygen atoms in total. The third kappa shape index (κ3) is 2.11. The molecule has 1 fully saturated rings. The molecule has 18 heavy (non-hydrogen) atoms. The monoisotopic (exact) mass is 251 g/mol. The van der Waals surface area contributed by atoms with Crippen molar-refractivity contribution in [1.82, 2.24) is 15.5 Å². The summed E-state index contributed by atoms with van der Waals surface area (Å²) in [7, 11) is 0. The van der Waals surface area contributed by atoms with E-state index in [9.17, 15) is 8.78 Å². The van der Waals surface area contributed by atoms with Gasteiger partial charge in [0.2, 0.25) is 11.7 Å². The summed E-state index contributed by atoms with van der Waals surface area (Å²) in [6.45, 7) is 0.914. The first-order valence-electron chi connectivity index (χ1n) is 5.76. The lowest BCUT2D eigenvalue weighted by Gasteiger charge is -2.01. The molecule has 0 bridgehead atoms. The normalized spacial score (nSPS) is 19.3. The maximum atomic E-state index is 13.1. The first kappa shape index (κ1) is 11.3. The SMILES string of the molecule is Fc1cc(F)cc(-c2noc([C@@H]3CCCN3)n2)c1. The Bertz CT molecular complexity index is 544. The topological polar surface area (TPSA) is 51.0 Å². The lowest BCUT2D eigenvalue weighted by Crippen LogP contribution is -2.12. The second-order valence-electron chi connectivity index (χ2n) is 4.26. The van der Waals surface area contributed by atoms with E-state index in [1.165, 1.54) is 12.1 Å². The van der Waals surface area contributed by atoms with Crippen molar-refractivity contribution < 1.29 is 13.3 Å². The van der Waals surface area contributed by atoms with Crippen LogP contribution >= 0.6 is 0 Å². The van der Waals surface area contributed by atoms with Crippen LogP contribution in [0.2, 0.25) is 0 Å². The number of benzene rings is 1. The van der Waals surface area contributed by atoms with Crippen molar-refractivity contribution in [2.45, 2.75) is 18.9 Å². The molecular formula is C12H11F2N3O. The fraction of sp³-hybridized carbons (Fsp3) is 0.333. The molecule has 1 aliphatic heterocycles. The highest BCUT2D eigenvalue weighted by Crippen LogP contribution is 2.24. The van der Waals surface area contributed by atoms with Crippen LogP contribution in [0.25, 0.3) is 11.4 Å². The van der Waals surface area contributed by atoms with Gasteiger partial charge in [0, 0.05) is 11.6 Å². The zero-order chi connectivity index (χ0) is 12.5. The lowest BCUT2D eigenvalue weighted by molar-refractivity contribution is 0.345. The van der Waals surface area contributed by atoms with E-state index in [0.717, 1.165) is 25.5 Å². The molecule has 1 atom stereocenters. The number of hydrogen-bond acceptors (Lipinski definition) is 4. The Morgan fingerprint density at radius 3 is 2.67 bits per heavy atom. The molecule has 0 aliphatic carbocycles. The largest absolute Gasteiger partial charge is 0.337 e. The minimum atomic E-state index is -0.657. The van der Waals surface area contributed by atoms with Crippen molar-refractivity contribution in [2.24, 2.45) is 0 Å². The number of aromatic nitrogens is 2. The van der Waals surface area contributed by atoms with Gasteiger partial charge in [0.05, 0.1) is 6.04 Å². The van der Waals surface area contributed by atoms with E-state index in [2.05, 4.69) is 15.5 Å². The second-order valence-corrected chi connectivity index (χ2v) is 4.26. The number of rotatable bonds is 2. The molecule has 0 saturated carbocycles. The molecule has 2 aromatic rings. The predicted octanol–water partition coefficient (Wildman–Crippen LogP) is 2.44. The number of nitrogens with one attached hydrogen (secondary N) is 1. The molecule has 0 spiro atoms. The van der Waals surface area contributed by atoms with Crippen molar-refractivity contribution in [3.8, 4) is 11.4 Å². The van der Waals surface area contributed by atoms with Crippen LogP contribution in [0.1, 0.15) is 24.8 Å². The first-order chi connectivity index (χ1) is 8.72. The van der Waals surface area contributed by atoms with E-state index in [0.29, 0.717) is 5.89 Å². The van der Waals surface area contributed by atoms with Gasteiger partial charge in [0.15, 0.2) is 0 Å². The quantitative estimate of drug-likeness (QED) is 0.890. The molecule has 3 rings (SSSR count). The van der Waals surface area contributed by atoms with Crippen LogP contribution < -0.4 is 5.32 Å². The number of nitrogens with zero attached hydrogens (tertiary/aromatic N) is 2. The molecule has 0 unspecified atom stereocenters. The van der Waals surface area contributed by atoms with E-state index in [4.69, 9.17) is 4.52 Å². The van der Waals surface area contributed by atoms with Crippen molar-refractivity contribution >= 4 is 0 Å². The van der Waals surface area contributed by atoms with Crippen molar-refractivity contribution in [3.05, 3.63) is 35.7 Å². The standard InChI is InChI=1S/C12H11F2N3O/c13-8-4-7(5-9(14)6-8)11-16-12(18-17-11)10-2-1-3-15-10/h4-6,10,15H,1-3H2/t10-/m0/s1. The van der Waals surface area contributed by atoms with Crippen LogP contribution in [0.4, 0.5) is 8.78 Å². The van der Waals surface area contributed by atoms with Gasteiger partial charge in [-0.05, 0) is 31.5 Å². The first-order valence-corrected chi connectivity index (χ1v) is 5.76. The van der Waals surface area contributed by atoms with Gasteiger partial charge in [0.25, 0.3) is 0 Å². The average Bonchev–Trinajstić information content (AvgIpc) is 2.99. The molecule has 0 amide bonds.